The van der Waals surface area contributed by atoms with Crippen LogP contribution in [0.5, 0.6) is 0 Å². The summed E-state index contributed by atoms with van der Waals surface area (Å²) in [4.78, 5) is 35.8. The number of carbonyl (C=O) groups excluding carboxylic acids is 2. The second-order valence-electron chi connectivity index (χ2n) is 7.10. The van der Waals surface area contributed by atoms with Crippen LogP contribution >= 0.6 is 0 Å². The normalized spacial score (nSPS) is 16.8. The van der Waals surface area contributed by atoms with Crippen LogP contribution in [-0.4, -0.2) is 39.8 Å². The fraction of sp³-hybridized carbons (Fsp3) is 0.217. The molecule has 2 amide bonds. The Labute approximate surface area is 169 Å². The van der Waals surface area contributed by atoms with Crippen molar-refractivity contribution in [3.05, 3.63) is 72.6 Å². The number of aromatic nitrogens is 2. The molecule has 1 unspecified atom stereocenters. The number of para-hydroxylation sites is 3. The third kappa shape index (κ3) is 4.66. The third-order valence-electron chi connectivity index (χ3n) is 5.01. The summed E-state index contributed by atoms with van der Waals surface area (Å²) in [6, 6.07) is 17.0. The van der Waals surface area contributed by atoms with Crippen molar-refractivity contribution in [1.82, 2.24) is 14.9 Å². The molecule has 4 rings (SSSR count). The molecule has 3 aromatic rings. The maximum Gasteiger partial charge on any atom is 0.246 e. The standard InChI is InChI=1S/C23H22N4O2/c28-22(13-12-19-15-24-20-10-4-5-11-21(20)25-19)27-14-6-7-17(16-27)23(29)26-18-8-2-1-3-9-18/h1-5,8-13,15,17H,6-7,14,16H2,(H,26,29)/b13-12+. The predicted octanol–water partition coefficient (Wildman–Crippen LogP) is 3.52. The van der Waals surface area contributed by atoms with Gasteiger partial charge in [0, 0.05) is 24.9 Å². The number of amides is 2. The molecule has 1 aliphatic rings. The number of piperidine rings is 1. The minimum absolute atomic E-state index is 0.0434. The Hall–Kier alpha value is -3.54. The van der Waals surface area contributed by atoms with Gasteiger partial charge in [0.25, 0.3) is 0 Å². The smallest absolute Gasteiger partial charge is 0.246 e. The van der Waals surface area contributed by atoms with Gasteiger partial charge < -0.3 is 10.2 Å². The van der Waals surface area contributed by atoms with Crippen LogP contribution < -0.4 is 5.32 Å². The quantitative estimate of drug-likeness (QED) is 0.696. The number of rotatable bonds is 4. The Bertz CT molecular complexity index is 1050. The Kier molecular flexibility index (Phi) is 5.61. The fourth-order valence-corrected chi connectivity index (χ4v) is 3.47. The predicted molar refractivity (Wildman–Crippen MR) is 113 cm³/mol. The van der Waals surface area contributed by atoms with Crippen molar-refractivity contribution in [3.8, 4) is 0 Å². The molecule has 1 N–H and O–H groups in total. The molecule has 0 saturated carbocycles. The van der Waals surface area contributed by atoms with E-state index < -0.39 is 0 Å². The van der Waals surface area contributed by atoms with E-state index in [0.29, 0.717) is 18.8 Å². The molecule has 146 valence electrons. The van der Waals surface area contributed by atoms with Gasteiger partial charge in [-0.2, -0.15) is 0 Å². The van der Waals surface area contributed by atoms with Gasteiger partial charge in [0.15, 0.2) is 0 Å². The second kappa shape index (κ2) is 8.65. The Morgan fingerprint density at radius 2 is 1.79 bits per heavy atom. The van der Waals surface area contributed by atoms with Crippen molar-refractivity contribution in [1.29, 1.82) is 0 Å². The highest BCUT2D eigenvalue weighted by molar-refractivity contribution is 5.95. The zero-order chi connectivity index (χ0) is 20.1. The number of benzene rings is 2. The lowest BCUT2D eigenvalue weighted by molar-refractivity contribution is -0.130. The number of carbonyl (C=O) groups is 2. The van der Waals surface area contributed by atoms with Crippen molar-refractivity contribution in [2.75, 3.05) is 18.4 Å². The van der Waals surface area contributed by atoms with Crippen LogP contribution in [0.4, 0.5) is 5.69 Å². The SMILES string of the molecule is O=C(Nc1ccccc1)C1CCCN(C(=O)/C=C/c2cnc3ccccc3n2)C1. The summed E-state index contributed by atoms with van der Waals surface area (Å²) in [5, 5.41) is 2.93. The summed E-state index contributed by atoms with van der Waals surface area (Å²) in [6.45, 7) is 1.08. The summed E-state index contributed by atoms with van der Waals surface area (Å²) in [6.07, 6.45) is 6.43. The van der Waals surface area contributed by atoms with Gasteiger partial charge in [0.1, 0.15) is 0 Å². The molecule has 2 aromatic carbocycles. The molecule has 29 heavy (non-hydrogen) atoms. The fourth-order valence-electron chi connectivity index (χ4n) is 3.47. The maximum atomic E-state index is 12.6. The Balaban J connectivity index is 1.38. The van der Waals surface area contributed by atoms with Crippen LogP contribution in [0.2, 0.25) is 0 Å². The van der Waals surface area contributed by atoms with Gasteiger partial charge in [0.05, 0.1) is 28.8 Å². The highest BCUT2D eigenvalue weighted by Crippen LogP contribution is 2.19. The first-order valence-corrected chi connectivity index (χ1v) is 9.74. The van der Waals surface area contributed by atoms with E-state index in [1.807, 2.05) is 54.6 Å². The minimum atomic E-state index is -0.207. The van der Waals surface area contributed by atoms with Gasteiger partial charge in [-0.05, 0) is 43.2 Å². The summed E-state index contributed by atoms with van der Waals surface area (Å²) in [5.41, 5.74) is 3.01. The zero-order valence-corrected chi connectivity index (χ0v) is 16.0. The van der Waals surface area contributed by atoms with E-state index in [2.05, 4.69) is 15.3 Å². The third-order valence-corrected chi connectivity index (χ3v) is 5.01. The summed E-state index contributed by atoms with van der Waals surface area (Å²) in [5.74, 6) is -0.364. The molecule has 1 aliphatic heterocycles. The molecule has 1 atom stereocenters. The van der Waals surface area contributed by atoms with Crippen LogP contribution in [-0.2, 0) is 9.59 Å². The molecular formula is C23H22N4O2. The van der Waals surface area contributed by atoms with E-state index >= 15 is 0 Å². The van der Waals surface area contributed by atoms with Gasteiger partial charge in [-0.25, -0.2) is 4.98 Å². The van der Waals surface area contributed by atoms with Crippen molar-refractivity contribution < 1.29 is 9.59 Å². The number of fused-ring (bicyclic) bond motifs is 1. The Morgan fingerprint density at radius 3 is 2.62 bits per heavy atom. The number of nitrogens with zero attached hydrogens (tertiary/aromatic N) is 3. The molecule has 6 heteroatoms. The number of hydrogen-bond donors (Lipinski definition) is 1. The first-order valence-electron chi connectivity index (χ1n) is 9.74. The first kappa shape index (κ1) is 18.8. The van der Waals surface area contributed by atoms with Crippen LogP contribution in [0.3, 0.4) is 0 Å². The molecule has 2 heterocycles. The van der Waals surface area contributed by atoms with Crippen LogP contribution in [0.25, 0.3) is 17.1 Å². The Morgan fingerprint density at radius 1 is 1.03 bits per heavy atom. The molecule has 1 aromatic heterocycles. The van der Waals surface area contributed by atoms with Crippen molar-refractivity contribution in [2.24, 2.45) is 5.92 Å². The van der Waals surface area contributed by atoms with E-state index in [1.54, 1.807) is 17.2 Å². The van der Waals surface area contributed by atoms with Crippen LogP contribution in [0.1, 0.15) is 18.5 Å². The molecule has 0 spiro atoms. The van der Waals surface area contributed by atoms with Crippen molar-refractivity contribution in [2.45, 2.75) is 12.8 Å². The molecule has 0 bridgehead atoms. The highest BCUT2D eigenvalue weighted by atomic mass is 16.2. The van der Waals surface area contributed by atoms with Gasteiger partial charge in [0.2, 0.25) is 11.8 Å². The lowest BCUT2D eigenvalue weighted by Crippen LogP contribution is -2.43. The van der Waals surface area contributed by atoms with Gasteiger partial charge in [-0.15, -0.1) is 0 Å². The molecule has 0 aliphatic carbocycles. The number of hydrogen-bond acceptors (Lipinski definition) is 4. The number of anilines is 1. The van der Waals surface area contributed by atoms with Crippen LogP contribution in [0, 0.1) is 5.92 Å². The monoisotopic (exact) mass is 386 g/mol. The molecule has 0 radical (unpaired) electrons. The van der Waals surface area contributed by atoms with E-state index in [9.17, 15) is 9.59 Å². The second-order valence-corrected chi connectivity index (χ2v) is 7.10. The van der Waals surface area contributed by atoms with E-state index in [-0.39, 0.29) is 17.7 Å². The summed E-state index contributed by atoms with van der Waals surface area (Å²) in [7, 11) is 0. The molecule has 6 nitrogen and oxygen atoms in total. The number of likely N-dealkylation sites (tertiary alicyclic amines) is 1. The average molecular weight is 386 g/mol. The summed E-state index contributed by atoms with van der Waals surface area (Å²) < 4.78 is 0. The highest BCUT2D eigenvalue weighted by Gasteiger charge is 2.27. The van der Waals surface area contributed by atoms with E-state index in [1.165, 1.54) is 6.08 Å². The first-order chi connectivity index (χ1) is 14.2. The summed E-state index contributed by atoms with van der Waals surface area (Å²) >= 11 is 0. The van der Waals surface area contributed by atoms with Gasteiger partial charge in [-0.1, -0.05) is 30.3 Å². The van der Waals surface area contributed by atoms with Gasteiger partial charge >= 0.3 is 0 Å². The van der Waals surface area contributed by atoms with E-state index in [4.69, 9.17) is 0 Å². The van der Waals surface area contributed by atoms with Crippen LogP contribution in [0.15, 0.2) is 66.9 Å². The largest absolute Gasteiger partial charge is 0.338 e. The van der Waals surface area contributed by atoms with E-state index in [0.717, 1.165) is 29.6 Å². The molecule has 1 fully saturated rings. The lowest BCUT2D eigenvalue weighted by atomic mass is 9.97. The van der Waals surface area contributed by atoms with Crippen molar-refractivity contribution in [3.63, 3.8) is 0 Å². The van der Waals surface area contributed by atoms with Crippen molar-refractivity contribution >= 4 is 34.6 Å². The molecule has 1 saturated heterocycles. The van der Waals surface area contributed by atoms with Gasteiger partial charge in [-0.3, -0.25) is 14.6 Å². The number of nitrogens with one attached hydrogen (secondary N) is 1. The minimum Gasteiger partial charge on any atom is -0.338 e. The zero-order valence-electron chi connectivity index (χ0n) is 16.0. The average Bonchev–Trinajstić information content (AvgIpc) is 2.78. The lowest BCUT2D eigenvalue weighted by Gasteiger charge is -2.31. The maximum absolute atomic E-state index is 12.6. The molecular weight excluding hydrogens is 364 g/mol. The topological polar surface area (TPSA) is 75.2 Å².